The minimum Gasteiger partial charge on any atom is -0.353 e. The average Bonchev–Trinajstić information content (AvgIpc) is 3.07. The van der Waals surface area contributed by atoms with Crippen molar-refractivity contribution < 1.29 is 9.59 Å². The molecule has 2 saturated heterocycles. The van der Waals surface area contributed by atoms with Gasteiger partial charge < -0.3 is 14.4 Å². The third kappa shape index (κ3) is 3.99. The lowest BCUT2D eigenvalue weighted by molar-refractivity contribution is -0.138. The van der Waals surface area contributed by atoms with E-state index >= 15 is 0 Å². The maximum atomic E-state index is 13.5. The first kappa shape index (κ1) is 19.5. The lowest BCUT2D eigenvalue weighted by atomic mass is 10.0. The fraction of sp³-hybridized carbons (Fsp3) is 0.739. The number of carbonyl (C=O) groups excluding carboxylic acids is 2. The molecule has 154 valence electrons. The molecule has 0 bridgehead atoms. The van der Waals surface area contributed by atoms with Gasteiger partial charge in [-0.05, 0) is 37.8 Å². The Kier molecular flexibility index (Phi) is 6.07. The molecule has 0 spiro atoms. The van der Waals surface area contributed by atoms with Crippen molar-refractivity contribution in [3.05, 3.63) is 24.0 Å². The third-order valence-electron chi connectivity index (χ3n) is 7.13. The van der Waals surface area contributed by atoms with Crippen molar-refractivity contribution in [1.82, 2.24) is 14.4 Å². The molecule has 2 aliphatic heterocycles. The number of rotatable bonds is 3. The van der Waals surface area contributed by atoms with Gasteiger partial charge >= 0.3 is 0 Å². The maximum Gasteiger partial charge on any atom is 0.228 e. The molecule has 1 saturated carbocycles. The van der Waals surface area contributed by atoms with Crippen molar-refractivity contribution in [3.8, 4) is 0 Å². The molecule has 3 heterocycles. The van der Waals surface area contributed by atoms with Crippen molar-refractivity contribution in [3.63, 3.8) is 0 Å². The van der Waals surface area contributed by atoms with E-state index in [1.807, 2.05) is 0 Å². The predicted molar refractivity (Wildman–Crippen MR) is 110 cm³/mol. The fourth-order valence-corrected chi connectivity index (χ4v) is 5.55. The molecule has 3 fully saturated rings. The van der Waals surface area contributed by atoms with E-state index in [9.17, 15) is 9.59 Å². The Balaban J connectivity index is 1.49. The van der Waals surface area contributed by atoms with E-state index in [1.54, 1.807) is 0 Å². The van der Waals surface area contributed by atoms with E-state index in [0.717, 1.165) is 38.6 Å². The highest BCUT2D eigenvalue weighted by Crippen LogP contribution is 2.34. The molecule has 1 aliphatic carbocycles. The summed E-state index contributed by atoms with van der Waals surface area (Å²) >= 11 is 0. The standard InChI is InChI=1S/C23H35N3O2/c1-24-14-9-13-20(24)21-12-7-4-8-15-25(21)23(28)18-16-22(27)26(17-18)19-10-5-2-3-6-11-19/h9,13-14,18-19,21H,2-8,10-12,15-17H2,1H3. The first-order chi connectivity index (χ1) is 13.6. The van der Waals surface area contributed by atoms with Crippen LogP contribution in [0.15, 0.2) is 18.3 Å². The van der Waals surface area contributed by atoms with Gasteiger partial charge in [0.05, 0.1) is 12.0 Å². The van der Waals surface area contributed by atoms with Gasteiger partial charge in [0.25, 0.3) is 0 Å². The van der Waals surface area contributed by atoms with Crippen molar-refractivity contribution in [1.29, 1.82) is 0 Å². The number of likely N-dealkylation sites (tertiary alicyclic amines) is 2. The molecule has 2 amide bonds. The highest BCUT2D eigenvalue weighted by atomic mass is 16.2. The van der Waals surface area contributed by atoms with Gasteiger partial charge in [-0.2, -0.15) is 0 Å². The minimum atomic E-state index is -0.156. The van der Waals surface area contributed by atoms with Crippen LogP contribution < -0.4 is 0 Å². The van der Waals surface area contributed by atoms with Crippen LogP contribution in [0.2, 0.25) is 0 Å². The number of hydrogen-bond acceptors (Lipinski definition) is 2. The Morgan fingerprint density at radius 1 is 1.00 bits per heavy atom. The number of nitrogens with zero attached hydrogens (tertiary/aromatic N) is 3. The summed E-state index contributed by atoms with van der Waals surface area (Å²) in [5, 5.41) is 0. The first-order valence-electron chi connectivity index (χ1n) is 11.4. The topological polar surface area (TPSA) is 45.6 Å². The molecule has 0 radical (unpaired) electrons. The van der Waals surface area contributed by atoms with Crippen LogP contribution in [0, 0.1) is 5.92 Å². The number of aromatic nitrogens is 1. The second kappa shape index (κ2) is 8.71. The van der Waals surface area contributed by atoms with E-state index in [4.69, 9.17) is 0 Å². The zero-order valence-corrected chi connectivity index (χ0v) is 17.3. The van der Waals surface area contributed by atoms with Gasteiger partial charge in [0, 0.05) is 44.5 Å². The van der Waals surface area contributed by atoms with Crippen LogP contribution >= 0.6 is 0 Å². The normalized spacial score (nSPS) is 27.7. The lowest BCUT2D eigenvalue weighted by Crippen LogP contribution is -2.41. The number of hydrogen-bond donors (Lipinski definition) is 0. The van der Waals surface area contributed by atoms with Crippen LogP contribution in [0.4, 0.5) is 0 Å². The fourth-order valence-electron chi connectivity index (χ4n) is 5.55. The molecule has 3 aliphatic rings. The monoisotopic (exact) mass is 385 g/mol. The van der Waals surface area contributed by atoms with Crippen LogP contribution in [0.3, 0.4) is 0 Å². The van der Waals surface area contributed by atoms with E-state index in [0.29, 0.717) is 19.0 Å². The van der Waals surface area contributed by atoms with Crippen LogP contribution in [0.5, 0.6) is 0 Å². The van der Waals surface area contributed by atoms with E-state index in [1.165, 1.54) is 37.8 Å². The Morgan fingerprint density at radius 2 is 1.71 bits per heavy atom. The van der Waals surface area contributed by atoms with E-state index in [2.05, 4.69) is 39.7 Å². The number of amides is 2. The van der Waals surface area contributed by atoms with Crippen LogP contribution in [-0.2, 0) is 16.6 Å². The molecule has 28 heavy (non-hydrogen) atoms. The quantitative estimate of drug-likeness (QED) is 0.737. The minimum absolute atomic E-state index is 0.150. The average molecular weight is 386 g/mol. The zero-order valence-electron chi connectivity index (χ0n) is 17.3. The second-order valence-electron chi connectivity index (χ2n) is 9.03. The summed E-state index contributed by atoms with van der Waals surface area (Å²) < 4.78 is 2.15. The maximum absolute atomic E-state index is 13.5. The molecule has 4 rings (SSSR count). The summed E-state index contributed by atoms with van der Waals surface area (Å²) in [4.78, 5) is 30.5. The Hall–Kier alpha value is -1.78. The van der Waals surface area contributed by atoms with Gasteiger partial charge in [-0.3, -0.25) is 9.59 Å². The largest absolute Gasteiger partial charge is 0.353 e. The highest BCUT2D eigenvalue weighted by molar-refractivity contribution is 5.89. The summed E-state index contributed by atoms with van der Waals surface area (Å²) in [5.74, 6) is 0.254. The van der Waals surface area contributed by atoms with E-state index in [-0.39, 0.29) is 23.8 Å². The summed E-state index contributed by atoms with van der Waals surface area (Å²) in [6.07, 6.45) is 14.1. The van der Waals surface area contributed by atoms with Gasteiger partial charge in [0.2, 0.25) is 11.8 Å². The van der Waals surface area contributed by atoms with Crippen molar-refractivity contribution in [2.45, 2.75) is 82.7 Å². The number of carbonyl (C=O) groups is 2. The first-order valence-corrected chi connectivity index (χ1v) is 11.4. The van der Waals surface area contributed by atoms with Gasteiger partial charge in [-0.1, -0.05) is 38.5 Å². The summed E-state index contributed by atoms with van der Waals surface area (Å²) in [7, 11) is 2.07. The van der Waals surface area contributed by atoms with Crippen LogP contribution in [0.25, 0.3) is 0 Å². The summed E-state index contributed by atoms with van der Waals surface area (Å²) in [6, 6.07) is 4.72. The molecule has 1 aromatic heterocycles. The molecule has 5 nitrogen and oxygen atoms in total. The molecular formula is C23H35N3O2. The Bertz CT molecular complexity index is 690. The molecule has 2 unspecified atom stereocenters. The highest BCUT2D eigenvalue weighted by Gasteiger charge is 2.41. The second-order valence-corrected chi connectivity index (χ2v) is 9.03. The smallest absolute Gasteiger partial charge is 0.228 e. The molecule has 0 N–H and O–H groups in total. The Morgan fingerprint density at radius 3 is 2.43 bits per heavy atom. The molecule has 1 aromatic rings. The van der Waals surface area contributed by atoms with Gasteiger partial charge in [0.1, 0.15) is 0 Å². The molecule has 2 atom stereocenters. The number of aryl methyl sites for hydroxylation is 1. The van der Waals surface area contributed by atoms with E-state index < -0.39 is 0 Å². The van der Waals surface area contributed by atoms with Crippen molar-refractivity contribution in [2.75, 3.05) is 13.1 Å². The zero-order chi connectivity index (χ0) is 19.5. The lowest BCUT2D eigenvalue weighted by Gasteiger charge is -2.33. The molecule has 0 aromatic carbocycles. The third-order valence-corrected chi connectivity index (χ3v) is 7.13. The van der Waals surface area contributed by atoms with Crippen molar-refractivity contribution in [2.24, 2.45) is 13.0 Å². The van der Waals surface area contributed by atoms with Crippen LogP contribution in [-0.4, -0.2) is 45.3 Å². The van der Waals surface area contributed by atoms with Gasteiger partial charge in [-0.25, -0.2) is 0 Å². The van der Waals surface area contributed by atoms with Gasteiger partial charge in [0.15, 0.2) is 0 Å². The van der Waals surface area contributed by atoms with Gasteiger partial charge in [-0.15, -0.1) is 0 Å². The van der Waals surface area contributed by atoms with Crippen molar-refractivity contribution >= 4 is 11.8 Å². The summed E-state index contributed by atoms with van der Waals surface area (Å²) in [5.41, 5.74) is 1.22. The SMILES string of the molecule is Cn1cccc1C1CCCCCN1C(=O)C1CC(=O)N(C2CCCCCC2)C1. The predicted octanol–water partition coefficient (Wildman–Crippen LogP) is 4.04. The molecular weight excluding hydrogens is 350 g/mol. The molecule has 5 heteroatoms. The summed E-state index contributed by atoms with van der Waals surface area (Å²) in [6.45, 7) is 1.46. The Labute approximate surface area is 169 Å². The van der Waals surface area contributed by atoms with Crippen LogP contribution in [0.1, 0.15) is 82.4 Å².